The lowest BCUT2D eigenvalue weighted by Gasteiger charge is -2.32. The third-order valence-corrected chi connectivity index (χ3v) is 5.39. The first-order valence-corrected chi connectivity index (χ1v) is 8.65. The molecular formula is C18H28BNO3. The van der Waals surface area contributed by atoms with Gasteiger partial charge in [-0.05, 0) is 52.5 Å². The molecule has 0 unspecified atom stereocenters. The maximum absolute atomic E-state index is 6.20. The molecule has 0 radical (unpaired) electrons. The van der Waals surface area contributed by atoms with E-state index < -0.39 is 0 Å². The van der Waals surface area contributed by atoms with Gasteiger partial charge in [0.1, 0.15) is 0 Å². The Morgan fingerprint density at radius 3 is 2.30 bits per heavy atom. The van der Waals surface area contributed by atoms with Crippen molar-refractivity contribution in [3.05, 3.63) is 24.3 Å². The number of hydrogen-bond donors (Lipinski definition) is 1. The fourth-order valence-electron chi connectivity index (χ4n) is 3.04. The molecule has 2 aliphatic rings. The minimum Gasteiger partial charge on any atom is -0.399 e. The monoisotopic (exact) mass is 317 g/mol. The number of anilines is 1. The quantitative estimate of drug-likeness (QED) is 0.867. The molecule has 2 fully saturated rings. The van der Waals surface area contributed by atoms with Crippen molar-refractivity contribution in [2.75, 3.05) is 25.1 Å². The van der Waals surface area contributed by atoms with E-state index in [1.165, 1.54) is 0 Å². The molecule has 1 aromatic rings. The molecule has 5 heteroatoms. The first kappa shape index (κ1) is 16.8. The molecule has 126 valence electrons. The second-order valence-electron chi connectivity index (χ2n) is 7.61. The zero-order chi connectivity index (χ0) is 16.5. The minimum absolute atomic E-state index is 0.314. The number of hydrogen-bond acceptors (Lipinski definition) is 4. The van der Waals surface area contributed by atoms with Crippen molar-refractivity contribution in [1.29, 1.82) is 0 Å². The van der Waals surface area contributed by atoms with Crippen LogP contribution in [-0.4, -0.2) is 38.1 Å². The molecule has 2 aliphatic heterocycles. The topological polar surface area (TPSA) is 39.7 Å². The molecule has 0 spiro atoms. The van der Waals surface area contributed by atoms with Gasteiger partial charge in [0, 0.05) is 30.9 Å². The van der Waals surface area contributed by atoms with E-state index in [0.717, 1.165) is 43.8 Å². The summed E-state index contributed by atoms with van der Waals surface area (Å²) in [6, 6.07) is 8.30. The van der Waals surface area contributed by atoms with Gasteiger partial charge in [0.2, 0.25) is 0 Å². The van der Waals surface area contributed by atoms with Crippen LogP contribution >= 0.6 is 0 Å². The summed E-state index contributed by atoms with van der Waals surface area (Å²) in [6.07, 6.45) is 2.26. The molecule has 4 nitrogen and oxygen atoms in total. The van der Waals surface area contributed by atoms with Gasteiger partial charge >= 0.3 is 7.12 Å². The fourth-order valence-corrected chi connectivity index (χ4v) is 3.04. The average molecular weight is 317 g/mol. The molecule has 2 saturated heterocycles. The van der Waals surface area contributed by atoms with Gasteiger partial charge < -0.3 is 19.4 Å². The van der Waals surface area contributed by atoms with E-state index in [1.54, 1.807) is 0 Å². The van der Waals surface area contributed by atoms with Crippen molar-refractivity contribution >= 4 is 18.3 Å². The molecule has 0 bridgehead atoms. The maximum Gasteiger partial charge on any atom is 0.496 e. The largest absolute Gasteiger partial charge is 0.496 e. The Morgan fingerprint density at radius 2 is 1.65 bits per heavy atom. The van der Waals surface area contributed by atoms with Gasteiger partial charge in [-0.15, -0.1) is 0 Å². The predicted molar refractivity (Wildman–Crippen MR) is 94.2 cm³/mol. The van der Waals surface area contributed by atoms with Gasteiger partial charge in [-0.3, -0.25) is 0 Å². The van der Waals surface area contributed by atoms with E-state index in [4.69, 9.17) is 14.0 Å². The van der Waals surface area contributed by atoms with Crippen LogP contribution in [0.25, 0.3) is 0 Å². The lowest BCUT2D eigenvalue weighted by atomic mass is 9.77. The van der Waals surface area contributed by atoms with Crippen LogP contribution in [-0.2, 0) is 14.0 Å². The summed E-state index contributed by atoms with van der Waals surface area (Å²) in [5.74, 6) is 0.676. The number of nitrogens with one attached hydrogen (secondary N) is 1. The van der Waals surface area contributed by atoms with Gasteiger partial charge in [-0.2, -0.15) is 0 Å². The maximum atomic E-state index is 6.20. The number of benzene rings is 1. The number of para-hydroxylation sites is 1. The van der Waals surface area contributed by atoms with Crippen LogP contribution < -0.4 is 10.8 Å². The highest BCUT2D eigenvalue weighted by Crippen LogP contribution is 2.37. The second-order valence-corrected chi connectivity index (χ2v) is 7.61. The fraction of sp³-hybridized carbons (Fsp3) is 0.667. The van der Waals surface area contributed by atoms with Crippen molar-refractivity contribution in [2.45, 2.75) is 51.7 Å². The molecule has 1 aromatic carbocycles. The Morgan fingerprint density at radius 1 is 1.04 bits per heavy atom. The normalized spacial score (nSPS) is 23.9. The SMILES string of the molecule is CC1(C)OB(c2ccccc2NCC2CCOCC2)OC1(C)C. The second kappa shape index (κ2) is 6.46. The summed E-state index contributed by atoms with van der Waals surface area (Å²) >= 11 is 0. The highest BCUT2D eigenvalue weighted by atomic mass is 16.7. The van der Waals surface area contributed by atoms with Gasteiger partial charge in [-0.1, -0.05) is 18.2 Å². The summed E-state index contributed by atoms with van der Waals surface area (Å²) in [5.41, 5.74) is 1.56. The minimum atomic E-state index is -0.321. The van der Waals surface area contributed by atoms with Crippen LogP contribution in [0.5, 0.6) is 0 Å². The standard InChI is InChI=1S/C18H28BNO3/c1-17(2)18(3,4)23-19(22-17)15-7-5-6-8-16(15)20-13-14-9-11-21-12-10-14/h5-8,14,20H,9-13H2,1-4H3. The zero-order valence-corrected chi connectivity index (χ0v) is 14.7. The summed E-state index contributed by atoms with van der Waals surface area (Å²) in [4.78, 5) is 0. The Labute approximate surface area is 140 Å². The van der Waals surface area contributed by atoms with Crippen LogP contribution in [0.2, 0.25) is 0 Å². The van der Waals surface area contributed by atoms with Crippen LogP contribution in [0.4, 0.5) is 5.69 Å². The first-order chi connectivity index (χ1) is 10.9. The van der Waals surface area contributed by atoms with Crippen molar-refractivity contribution in [1.82, 2.24) is 0 Å². The van der Waals surface area contributed by atoms with Gasteiger partial charge in [0.25, 0.3) is 0 Å². The number of rotatable bonds is 4. The third-order valence-electron chi connectivity index (χ3n) is 5.39. The van der Waals surface area contributed by atoms with E-state index in [2.05, 4.69) is 51.2 Å². The van der Waals surface area contributed by atoms with E-state index in [0.29, 0.717) is 5.92 Å². The highest BCUT2D eigenvalue weighted by molar-refractivity contribution is 6.63. The lowest BCUT2D eigenvalue weighted by molar-refractivity contribution is 0.00578. The first-order valence-electron chi connectivity index (χ1n) is 8.65. The predicted octanol–water partition coefficient (Wildman–Crippen LogP) is 2.82. The van der Waals surface area contributed by atoms with E-state index >= 15 is 0 Å². The smallest absolute Gasteiger partial charge is 0.399 e. The van der Waals surface area contributed by atoms with Crippen molar-refractivity contribution in [2.24, 2.45) is 5.92 Å². The Bertz CT molecular complexity index is 525. The van der Waals surface area contributed by atoms with Crippen LogP contribution in [0, 0.1) is 5.92 Å². The summed E-state index contributed by atoms with van der Waals surface area (Å²) in [7, 11) is -0.321. The zero-order valence-electron chi connectivity index (χ0n) is 14.7. The molecule has 0 atom stereocenters. The molecule has 1 N–H and O–H groups in total. The van der Waals surface area contributed by atoms with Crippen LogP contribution in [0.3, 0.4) is 0 Å². The van der Waals surface area contributed by atoms with Gasteiger partial charge in [0.05, 0.1) is 11.2 Å². The van der Waals surface area contributed by atoms with E-state index in [1.807, 2.05) is 6.07 Å². The number of ether oxygens (including phenoxy) is 1. The Balaban J connectivity index is 1.71. The summed E-state index contributed by atoms with van der Waals surface area (Å²) in [6.45, 7) is 11.1. The van der Waals surface area contributed by atoms with Gasteiger partial charge in [0.15, 0.2) is 0 Å². The molecule has 2 heterocycles. The van der Waals surface area contributed by atoms with Crippen molar-refractivity contribution in [3.8, 4) is 0 Å². The van der Waals surface area contributed by atoms with Crippen LogP contribution in [0.15, 0.2) is 24.3 Å². The highest BCUT2D eigenvalue weighted by Gasteiger charge is 2.52. The average Bonchev–Trinajstić information content (AvgIpc) is 2.75. The molecule has 0 saturated carbocycles. The van der Waals surface area contributed by atoms with E-state index in [-0.39, 0.29) is 18.3 Å². The molecular weight excluding hydrogens is 289 g/mol. The van der Waals surface area contributed by atoms with Crippen molar-refractivity contribution in [3.63, 3.8) is 0 Å². The van der Waals surface area contributed by atoms with E-state index in [9.17, 15) is 0 Å². The third kappa shape index (κ3) is 3.57. The summed E-state index contributed by atoms with van der Waals surface area (Å²) in [5, 5.41) is 3.60. The molecule has 3 rings (SSSR count). The molecule has 0 aromatic heterocycles. The molecule has 0 aliphatic carbocycles. The van der Waals surface area contributed by atoms with Crippen molar-refractivity contribution < 1.29 is 14.0 Å². The Kier molecular flexibility index (Phi) is 4.72. The lowest BCUT2D eigenvalue weighted by Crippen LogP contribution is -2.41. The Hall–Kier alpha value is -1.04. The van der Waals surface area contributed by atoms with Gasteiger partial charge in [-0.25, -0.2) is 0 Å². The van der Waals surface area contributed by atoms with Crippen LogP contribution in [0.1, 0.15) is 40.5 Å². The summed E-state index contributed by atoms with van der Waals surface area (Å²) < 4.78 is 17.8. The molecule has 23 heavy (non-hydrogen) atoms. The molecule has 0 amide bonds.